The molecule has 0 aliphatic rings. The predicted octanol–water partition coefficient (Wildman–Crippen LogP) is -0.690. The van der Waals surface area contributed by atoms with Crippen LogP contribution in [0.3, 0.4) is 0 Å². The molecular weight excluding hydrogens is 262 g/mol. The van der Waals surface area contributed by atoms with Gasteiger partial charge in [0.05, 0.1) is 12.7 Å². The molecule has 0 radical (unpaired) electrons. The quantitative estimate of drug-likeness (QED) is 0.567. The number of hydrogen-bond donors (Lipinski definition) is 4. The number of rotatable bonds is 5. The maximum atomic E-state index is 11.8. The fourth-order valence-electron chi connectivity index (χ4n) is 1.26. The van der Waals surface area contributed by atoms with Gasteiger partial charge >= 0.3 is 5.97 Å². The van der Waals surface area contributed by atoms with E-state index in [-0.39, 0.29) is 6.54 Å². The Morgan fingerprint density at radius 3 is 2.89 bits per heavy atom. The van der Waals surface area contributed by atoms with Crippen molar-refractivity contribution in [2.24, 2.45) is 0 Å². The number of sulfonamides is 1. The maximum Gasteiger partial charge on any atom is 0.340 e. The molecule has 0 unspecified atom stereocenters. The second-order valence-corrected chi connectivity index (χ2v) is 4.98. The molecule has 2 aromatic rings. The second kappa shape index (κ2) is 4.58. The van der Waals surface area contributed by atoms with Crippen LogP contribution < -0.4 is 4.72 Å². The molecule has 0 spiro atoms. The number of carboxylic acid groups (broad SMARTS) is 1. The molecule has 0 bridgehead atoms. The third-order valence-electron chi connectivity index (χ3n) is 2.09. The zero-order chi connectivity index (χ0) is 13.2. The Hall–Kier alpha value is -2.20. The van der Waals surface area contributed by atoms with Crippen molar-refractivity contribution < 1.29 is 18.3 Å². The van der Waals surface area contributed by atoms with Gasteiger partial charge in [0, 0.05) is 12.4 Å². The minimum absolute atomic E-state index is 0.0760. The van der Waals surface area contributed by atoms with Crippen LogP contribution in [-0.2, 0) is 16.6 Å². The van der Waals surface area contributed by atoms with Gasteiger partial charge in [-0.1, -0.05) is 0 Å². The van der Waals surface area contributed by atoms with Crippen LogP contribution in [0.4, 0.5) is 0 Å². The van der Waals surface area contributed by atoms with E-state index < -0.39 is 26.6 Å². The molecule has 0 aliphatic heterocycles. The Balaban J connectivity index is 2.20. The van der Waals surface area contributed by atoms with Gasteiger partial charge in [-0.2, -0.15) is 5.10 Å². The molecule has 0 amide bonds. The number of H-pyrrole nitrogens is 2. The lowest BCUT2D eigenvalue weighted by molar-refractivity contribution is 0.0692. The number of nitrogens with zero attached hydrogens (tertiary/aromatic N) is 2. The van der Waals surface area contributed by atoms with Crippen molar-refractivity contribution in [1.82, 2.24) is 24.9 Å². The van der Waals surface area contributed by atoms with Crippen LogP contribution in [0.2, 0.25) is 0 Å². The molecule has 2 rings (SSSR count). The van der Waals surface area contributed by atoms with E-state index >= 15 is 0 Å². The van der Waals surface area contributed by atoms with Gasteiger partial charge in [-0.3, -0.25) is 5.10 Å². The number of nitrogens with one attached hydrogen (secondary N) is 3. The summed E-state index contributed by atoms with van der Waals surface area (Å²) in [5.74, 6) is -0.961. The standard InChI is InChI=1S/C8H9N5O4S/c14-8(15)5-3-11-13-7(5)18(16,17)12-4-6-9-1-2-10-6/h1-3,12H,4H2,(H,9,10)(H,11,13)(H,14,15). The minimum atomic E-state index is -3.98. The molecular formula is C8H9N5O4S. The van der Waals surface area contributed by atoms with E-state index in [1.165, 1.54) is 6.20 Å². The lowest BCUT2D eigenvalue weighted by Crippen LogP contribution is -2.25. The normalized spacial score (nSPS) is 11.6. The van der Waals surface area contributed by atoms with Crippen molar-refractivity contribution >= 4 is 16.0 Å². The maximum absolute atomic E-state index is 11.8. The van der Waals surface area contributed by atoms with Gasteiger partial charge in [0.2, 0.25) is 0 Å². The highest BCUT2D eigenvalue weighted by atomic mass is 32.2. The van der Waals surface area contributed by atoms with Crippen molar-refractivity contribution in [3.63, 3.8) is 0 Å². The fraction of sp³-hybridized carbons (Fsp3) is 0.125. The third kappa shape index (κ3) is 2.38. The van der Waals surface area contributed by atoms with Gasteiger partial charge in [0.1, 0.15) is 11.4 Å². The summed E-state index contributed by atoms with van der Waals surface area (Å²) in [5, 5.41) is 13.9. The molecule has 4 N–H and O–H groups in total. The first-order chi connectivity index (χ1) is 8.50. The van der Waals surface area contributed by atoms with E-state index in [0.29, 0.717) is 5.82 Å². The van der Waals surface area contributed by atoms with Crippen molar-refractivity contribution in [1.29, 1.82) is 0 Å². The van der Waals surface area contributed by atoms with E-state index in [0.717, 1.165) is 6.20 Å². The first kappa shape index (κ1) is 12.3. The molecule has 10 heteroatoms. The molecule has 96 valence electrons. The number of imidazole rings is 1. The average Bonchev–Trinajstić information content (AvgIpc) is 2.98. The Morgan fingerprint density at radius 1 is 1.50 bits per heavy atom. The summed E-state index contributed by atoms with van der Waals surface area (Å²) >= 11 is 0. The number of aromatic carboxylic acids is 1. The van der Waals surface area contributed by atoms with E-state index in [1.807, 2.05) is 0 Å². The van der Waals surface area contributed by atoms with Crippen LogP contribution in [0.15, 0.2) is 23.6 Å². The summed E-state index contributed by atoms with van der Waals surface area (Å²) in [6.07, 6.45) is 3.95. The summed E-state index contributed by atoms with van der Waals surface area (Å²) in [7, 11) is -3.98. The van der Waals surface area contributed by atoms with E-state index in [4.69, 9.17) is 5.11 Å². The summed E-state index contributed by atoms with van der Waals surface area (Å²) in [4.78, 5) is 17.3. The van der Waals surface area contributed by atoms with Crippen LogP contribution in [0.1, 0.15) is 16.2 Å². The van der Waals surface area contributed by atoms with Crippen LogP contribution in [-0.4, -0.2) is 39.7 Å². The zero-order valence-electron chi connectivity index (χ0n) is 8.91. The van der Waals surface area contributed by atoms with Gasteiger partial charge in [-0.05, 0) is 0 Å². The third-order valence-corrected chi connectivity index (χ3v) is 3.46. The van der Waals surface area contributed by atoms with Crippen LogP contribution in [0.5, 0.6) is 0 Å². The molecule has 0 fully saturated rings. The van der Waals surface area contributed by atoms with Crippen LogP contribution in [0, 0.1) is 0 Å². The molecule has 2 heterocycles. The lowest BCUT2D eigenvalue weighted by atomic mass is 10.4. The first-order valence-electron chi connectivity index (χ1n) is 4.75. The Kier molecular flexibility index (Phi) is 3.12. The molecule has 0 aromatic carbocycles. The molecule has 2 aromatic heterocycles. The number of hydrogen-bond acceptors (Lipinski definition) is 5. The number of carboxylic acids is 1. The number of aromatic amines is 2. The van der Waals surface area contributed by atoms with Crippen molar-refractivity contribution in [2.45, 2.75) is 11.6 Å². The highest BCUT2D eigenvalue weighted by Crippen LogP contribution is 2.11. The van der Waals surface area contributed by atoms with E-state index in [2.05, 4.69) is 24.9 Å². The summed E-state index contributed by atoms with van der Waals surface area (Å²) in [6.45, 7) is -0.0760. The molecule has 18 heavy (non-hydrogen) atoms. The van der Waals surface area contributed by atoms with Crippen molar-refractivity contribution in [3.8, 4) is 0 Å². The predicted molar refractivity (Wildman–Crippen MR) is 58.2 cm³/mol. The summed E-state index contributed by atoms with van der Waals surface area (Å²) in [5.41, 5.74) is -0.415. The highest BCUT2D eigenvalue weighted by molar-refractivity contribution is 7.89. The van der Waals surface area contributed by atoms with Gasteiger partial charge in [-0.15, -0.1) is 0 Å². The molecule has 0 atom stereocenters. The lowest BCUT2D eigenvalue weighted by Gasteiger charge is -2.03. The summed E-state index contributed by atoms with van der Waals surface area (Å²) < 4.78 is 25.9. The fourth-order valence-corrected chi connectivity index (χ4v) is 2.34. The largest absolute Gasteiger partial charge is 0.478 e. The highest BCUT2D eigenvalue weighted by Gasteiger charge is 2.24. The molecule has 0 aliphatic carbocycles. The average molecular weight is 271 g/mol. The Morgan fingerprint density at radius 2 is 2.28 bits per heavy atom. The topological polar surface area (TPSA) is 141 Å². The van der Waals surface area contributed by atoms with Crippen LogP contribution in [0.25, 0.3) is 0 Å². The minimum Gasteiger partial charge on any atom is -0.478 e. The van der Waals surface area contributed by atoms with Gasteiger partial charge < -0.3 is 10.1 Å². The number of aromatic nitrogens is 4. The Labute approximate surface area is 101 Å². The zero-order valence-corrected chi connectivity index (χ0v) is 9.73. The van der Waals surface area contributed by atoms with Crippen LogP contribution >= 0.6 is 0 Å². The molecule has 0 saturated heterocycles. The second-order valence-electron chi connectivity index (χ2n) is 3.28. The van der Waals surface area contributed by atoms with Crippen molar-refractivity contribution in [3.05, 3.63) is 30.0 Å². The van der Waals surface area contributed by atoms with Gasteiger partial charge in [-0.25, -0.2) is 22.9 Å². The smallest absolute Gasteiger partial charge is 0.340 e. The monoisotopic (exact) mass is 271 g/mol. The number of carbonyl (C=O) groups is 1. The molecule has 0 saturated carbocycles. The SMILES string of the molecule is O=C(O)c1cn[nH]c1S(=O)(=O)NCc1ncc[nH]1. The van der Waals surface area contributed by atoms with Crippen molar-refractivity contribution in [2.75, 3.05) is 0 Å². The van der Waals surface area contributed by atoms with E-state index in [9.17, 15) is 13.2 Å². The molecule has 9 nitrogen and oxygen atoms in total. The van der Waals surface area contributed by atoms with E-state index in [1.54, 1.807) is 6.20 Å². The van der Waals surface area contributed by atoms with Gasteiger partial charge in [0.25, 0.3) is 10.0 Å². The van der Waals surface area contributed by atoms with Gasteiger partial charge in [0.15, 0.2) is 5.03 Å². The first-order valence-corrected chi connectivity index (χ1v) is 6.23. The Bertz CT molecular complexity index is 645. The summed E-state index contributed by atoms with van der Waals surface area (Å²) in [6, 6.07) is 0.